The van der Waals surface area contributed by atoms with E-state index in [1.165, 1.54) is 12.1 Å². The van der Waals surface area contributed by atoms with Gasteiger partial charge in [-0.1, -0.05) is 6.42 Å². The number of hydrazone groups is 1. The molecular weight excluding hydrogens is 314 g/mol. The highest BCUT2D eigenvalue weighted by molar-refractivity contribution is 5.88. The minimum Gasteiger partial charge on any atom is -0.272 e. The fourth-order valence-corrected chi connectivity index (χ4v) is 2.78. The maximum Gasteiger partial charge on any atom is 0.301 e. The lowest BCUT2D eigenvalue weighted by atomic mass is 9.84. The number of nitrogens with zero attached hydrogens (tertiary/aromatic N) is 4. The Morgan fingerprint density at radius 2 is 2.08 bits per heavy atom. The van der Waals surface area contributed by atoms with Crippen LogP contribution >= 0.6 is 0 Å². The quantitative estimate of drug-likeness (QED) is 0.622. The van der Waals surface area contributed by atoms with Gasteiger partial charge in [-0.15, -0.1) is 0 Å². The predicted molar refractivity (Wildman–Crippen MR) is 87.6 cm³/mol. The van der Waals surface area contributed by atoms with Gasteiger partial charge >= 0.3 is 5.69 Å². The molecule has 1 atom stereocenters. The summed E-state index contributed by atoms with van der Waals surface area (Å²) in [6.07, 6.45) is 4.97. The van der Waals surface area contributed by atoms with E-state index in [9.17, 15) is 20.2 Å². The molecule has 1 fully saturated rings. The maximum atomic E-state index is 11.1. The summed E-state index contributed by atoms with van der Waals surface area (Å²) >= 11 is 0. The van der Waals surface area contributed by atoms with Gasteiger partial charge in [0, 0.05) is 24.1 Å². The molecule has 24 heavy (non-hydrogen) atoms. The van der Waals surface area contributed by atoms with Gasteiger partial charge in [-0.25, -0.2) is 0 Å². The lowest BCUT2D eigenvalue weighted by Gasteiger charge is -2.23. The number of benzene rings is 1. The SMILES string of the molecule is N#CCCC1CCCC/C1=N\Nc1ccc([N+](=O)[O-])cc1[N+](=O)[O-]. The minimum absolute atomic E-state index is 0.114. The van der Waals surface area contributed by atoms with Gasteiger partial charge < -0.3 is 0 Å². The van der Waals surface area contributed by atoms with Crippen molar-refractivity contribution in [1.82, 2.24) is 0 Å². The number of non-ortho nitro benzene ring substituents is 1. The predicted octanol–water partition coefficient (Wildman–Crippen LogP) is 3.76. The zero-order valence-electron chi connectivity index (χ0n) is 13.0. The molecule has 0 bridgehead atoms. The summed E-state index contributed by atoms with van der Waals surface area (Å²) in [6.45, 7) is 0. The molecule has 0 spiro atoms. The number of hydrogen-bond acceptors (Lipinski definition) is 7. The number of nitriles is 1. The van der Waals surface area contributed by atoms with E-state index in [0.717, 1.165) is 43.9 Å². The topological polar surface area (TPSA) is 134 Å². The van der Waals surface area contributed by atoms with Crippen LogP contribution in [0, 0.1) is 37.5 Å². The summed E-state index contributed by atoms with van der Waals surface area (Å²) < 4.78 is 0. The summed E-state index contributed by atoms with van der Waals surface area (Å²) in [5.74, 6) is 0.197. The molecule has 0 heterocycles. The van der Waals surface area contributed by atoms with Crippen molar-refractivity contribution in [2.24, 2.45) is 11.0 Å². The van der Waals surface area contributed by atoms with Crippen molar-refractivity contribution >= 4 is 22.8 Å². The van der Waals surface area contributed by atoms with Crippen LogP contribution in [0.25, 0.3) is 0 Å². The molecule has 126 valence electrons. The first-order valence-electron chi connectivity index (χ1n) is 7.65. The smallest absolute Gasteiger partial charge is 0.272 e. The van der Waals surface area contributed by atoms with Gasteiger partial charge in [-0.3, -0.25) is 25.7 Å². The van der Waals surface area contributed by atoms with E-state index < -0.39 is 15.5 Å². The van der Waals surface area contributed by atoms with Crippen LogP contribution in [0.1, 0.15) is 38.5 Å². The zero-order valence-corrected chi connectivity index (χ0v) is 13.0. The van der Waals surface area contributed by atoms with E-state index in [1.54, 1.807) is 0 Å². The van der Waals surface area contributed by atoms with Crippen LogP contribution in [-0.2, 0) is 0 Å². The van der Waals surface area contributed by atoms with Crippen LogP contribution in [-0.4, -0.2) is 15.6 Å². The molecule has 1 aliphatic rings. The molecule has 1 unspecified atom stereocenters. The molecule has 0 aromatic heterocycles. The Morgan fingerprint density at radius 1 is 1.29 bits per heavy atom. The van der Waals surface area contributed by atoms with E-state index in [1.807, 2.05) is 0 Å². The van der Waals surface area contributed by atoms with Crippen molar-refractivity contribution in [2.45, 2.75) is 38.5 Å². The average molecular weight is 331 g/mol. The van der Waals surface area contributed by atoms with Crippen LogP contribution < -0.4 is 5.43 Å². The van der Waals surface area contributed by atoms with E-state index in [4.69, 9.17) is 5.26 Å². The van der Waals surface area contributed by atoms with E-state index in [2.05, 4.69) is 16.6 Å². The molecule has 1 saturated carbocycles. The molecule has 9 heteroatoms. The summed E-state index contributed by atoms with van der Waals surface area (Å²) in [6, 6.07) is 5.52. The van der Waals surface area contributed by atoms with Crippen LogP contribution in [0.5, 0.6) is 0 Å². The highest BCUT2D eigenvalue weighted by atomic mass is 16.6. The van der Waals surface area contributed by atoms with Gasteiger partial charge in [0.1, 0.15) is 5.69 Å². The molecule has 0 amide bonds. The van der Waals surface area contributed by atoms with Gasteiger partial charge in [0.15, 0.2) is 0 Å². The number of nitrogens with one attached hydrogen (secondary N) is 1. The average Bonchev–Trinajstić information content (AvgIpc) is 2.58. The maximum absolute atomic E-state index is 11.1. The third-order valence-electron chi connectivity index (χ3n) is 4.02. The van der Waals surface area contributed by atoms with Crippen LogP contribution in [0.15, 0.2) is 23.3 Å². The van der Waals surface area contributed by atoms with Gasteiger partial charge in [0.25, 0.3) is 5.69 Å². The Bertz CT molecular complexity index is 710. The molecule has 1 aromatic carbocycles. The summed E-state index contributed by atoms with van der Waals surface area (Å²) in [5, 5.41) is 34.9. The van der Waals surface area contributed by atoms with E-state index >= 15 is 0 Å². The van der Waals surface area contributed by atoms with Crippen LogP contribution in [0.2, 0.25) is 0 Å². The van der Waals surface area contributed by atoms with Crippen molar-refractivity contribution in [3.63, 3.8) is 0 Å². The van der Waals surface area contributed by atoms with Gasteiger partial charge in [0.05, 0.1) is 22.0 Å². The Balaban J connectivity index is 2.21. The Hall–Kier alpha value is -3.02. The van der Waals surface area contributed by atoms with Crippen LogP contribution in [0.3, 0.4) is 0 Å². The van der Waals surface area contributed by atoms with Crippen molar-refractivity contribution in [3.05, 3.63) is 38.4 Å². The van der Waals surface area contributed by atoms with Gasteiger partial charge in [0.2, 0.25) is 0 Å². The molecular formula is C15H17N5O4. The van der Waals surface area contributed by atoms with Gasteiger partial charge in [-0.05, 0) is 31.7 Å². The number of nitro benzene ring substituents is 2. The summed E-state index contributed by atoms with van der Waals surface area (Å²) in [7, 11) is 0. The first-order chi connectivity index (χ1) is 11.5. The second-order valence-corrected chi connectivity index (χ2v) is 5.57. The fourth-order valence-electron chi connectivity index (χ4n) is 2.78. The Morgan fingerprint density at radius 3 is 2.75 bits per heavy atom. The number of hydrogen-bond donors (Lipinski definition) is 1. The molecule has 1 N–H and O–H groups in total. The third-order valence-corrected chi connectivity index (χ3v) is 4.02. The zero-order chi connectivity index (χ0) is 17.5. The molecule has 1 aliphatic carbocycles. The third kappa shape index (κ3) is 4.25. The first kappa shape index (κ1) is 17.3. The number of rotatable bonds is 6. The monoisotopic (exact) mass is 331 g/mol. The minimum atomic E-state index is -0.679. The molecule has 0 radical (unpaired) electrons. The van der Waals surface area contributed by atoms with Crippen molar-refractivity contribution in [3.8, 4) is 6.07 Å². The highest BCUT2D eigenvalue weighted by Crippen LogP contribution is 2.30. The lowest BCUT2D eigenvalue weighted by Crippen LogP contribution is -2.20. The second-order valence-electron chi connectivity index (χ2n) is 5.57. The highest BCUT2D eigenvalue weighted by Gasteiger charge is 2.22. The van der Waals surface area contributed by atoms with E-state index in [0.29, 0.717) is 6.42 Å². The first-order valence-corrected chi connectivity index (χ1v) is 7.65. The second kappa shape index (κ2) is 8.01. The summed E-state index contributed by atoms with van der Waals surface area (Å²) in [4.78, 5) is 20.5. The molecule has 9 nitrogen and oxygen atoms in total. The van der Waals surface area contributed by atoms with Crippen molar-refractivity contribution < 1.29 is 9.85 Å². The van der Waals surface area contributed by atoms with Crippen molar-refractivity contribution in [1.29, 1.82) is 5.26 Å². The van der Waals surface area contributed by atoms with Crippen molar-refractivity contribution in [2.75, 3.05) is 5.43 Å². The number of anilines is 1. The molecule has 2 rings (SSSR count). The van der Waals surface area contributed by atoms with E-state index in [-0.39, 0.29) is 17.3 Å². The molecule has 0 saturated heterocycles. The molecule has 1 aromatic rings. The largest absolute Gasteiger partial charge is 0.301 e. The Labute approximate surface area is 138 Å². The normalized spacial score (nSPS) is 18.8. The van der Waals surface area contributed by atoms with Crippen LogP contribution in [0.4, 0.5) is 17.1 Å². The molecule has 0 aliphatic heterocycles. The Kier molecular flexibility index (Phi) is 5.78. The standard InChI is InChI=1S/C15H17N5O4/c16-9-3-5-11-4-1-2-6-13(11)17-18-14-8-7-12(19(21)22)10-15(14)20(23)24/h7-8,10-11,18H,1-6H2/b17-13+. The van der Waals surface area contributed by atoms with Gasteiger partial charge in [-0.2, -0.15) is 10.4 Å². The lowest BCUT2D eigenvalue weighted by molar-refractivity contribution is -0.393. The number of nitro groups is 2. The fraction of sp³-hybridized carbons (Fsp3) is 0.467. The summed E-state index contributed by atoms with van der Waals surface area (Å²) in [5.41, 5.74) is 2.95.